The number of fused-ring (bicyclic) bond motifs is 3. The van der Waals surface area contributed by atoms with Crippen LogP contribution in [0, 0.1) is 6.92 Å². The van der Waals surface area contributed by atoms with E-state index in [2.05, 4.69) is 14.9 Å². The normalized spacial score (nSPS) is 22.4. The third-order valence-electron chi connectivity index (χ3n) is 3.73. The minimum Gasteiger partial charge on any atom is -0.460 e. The Labute approximate surface area is 118 Å². The summed E-state index contributed by atoms with van der Waals surface area (Å²) in [6, 6.07) is 0.0432. The molecule has 1 aromatic rings. The average molecular weight is 277 g/mol. The van der Waals surface area contributed by atoms with Gasteiger partial charge in [0.2, 0.25) is 0 Å². The molecule has 0 radical (unpaired) electrons. The van der Waals surface area contributed by atoms with Crippen molar-refractivity contribution < 1.29 is 14.3 Å². The summed E-state index contributed by atoms with van der Waals surface area (Å²) in [6.07, 6.45) is 1.62. The minimum atomic E-state index is -0.315. The van der Waals surface area contributed by atoms with Gasteiger partial charge in [0, 0.05) is 13.2 Å². The van der Waals surface area contributed by atoms with Crippen molar-refractivity contribution in [3.8, 4) is 0 Å². The van der Waals surface area contributed by atoms with Gasteiger partial charge in [-0.15, -0.1) is 0 Å². The van der Waals surface area contributed by atoms with Crippen molar-refractivity contribution in [1.29, 1.82) is 0 Å². The Kier molecular flexibility index (Phi) is 3.56. The van der Waals surface area contributed by atoms with E-state index in [1.807, 2.05) is 13.8 Å². The van der Waals surface area contributed by atoms with Crippen LogP contribution in [0.4, 0.5) is 5.82 Å². The monoisotopic (exact) mass is 277 g/mol. The molecule has 0 aliphatic carbocycles. The van der Waals surface area contributed by atoms with E-state index < -0.39 is 0 Å². The van der Waals surface area contributed by atoms with Gasteiger partial charge in [-0.25, -0.2) is 14.8 Å². The molecule has 3 rings (SSSR count). The van der Waals surface area contributed by atoms with E-state index in [9.17, 15) is 4.79 Å². The van der Waals surface area contributed by atoms with Gasteiger partial charge in [0.25, 0.3) is 0 Å². The first kappa shape index (κ1) is 13.3. The summed E-state index contributed by atoms with van der Waals surface area (Å²) in [6.45, 7) is 6.33. The first-order valence-electron chi connectivity index (χ1n) is 7.09. The van der Waals surface area contributed by atoms with Crippen LogP contribution in [0.15, 0.2) is 0 Å². The standard InChI is InChI=1S/C14H19N3O3/c1-3-11-12-13(16-9(2)15-11)17-5-4-6-19-7-10(17)8-20-14(12)18/h10H,3-8H2,1-2H3. The molecule has 0 spiro atoms. The van der Waals surface area contributed by atoms with Crippen molar-refractivity contribution in [2.75, 3.05) is 31.3 Å². The predicted molar refractivity (Wildman–Crippen MR) is 73.0 cm³/mol. The van der Waals surface area contributed by atoms with Gasteiger partial charge in [-0.2, -0.15) is 0 Å². The van der Waals surface area contributed by atoms with Crippen LogP contribution < -0.4 is 4.90 Å². The molecule has 2 aliphatic rings. The lowest BCUT2D eigenvalue weighted by Gasteiger charge is -2.28. The van der Waals surface area contributed by atoms with Gasteiger partial charge in [-0.1, -0.05) is 6.92 Å². The second kappa shape index (κ2) is 5.36. The highest BCUT2D eigenvalue weighted by molar-refractivity contribution is 5.96. The summed E-state index contributed by atoms with van der Waals surface area (Å²) in [4.78, 5) is 23.3. The van der Waals surface area contributed by atoms with Crippen LogP contribution in [-0.4, -0.2) is 48.3 Å². The summed E-state index contributed by atoms with van der Waals surface area (Å²) in [5.74, 6) is 1.09. The fourth-order valence-corrected chi connectivity index (χ4v) is 2.78. The number of aryl methyl sites for hydroxylation is 2. The maximum Gasteiger partial charge on any atom is 0.343 e. The molecule has 20 heavy (non-hydrogen) atoms. The summed E-state index contributed by atoms with van der Waals surface area (Å²) in [7, 11) is 0. The van der Waals surface area contributed by atoms with E-state index in [4.69, 9.17) is 9.47 Å². The molecule has 0 amide bonds. The lowest BCUT2D eigenvalue weighted by molar-refractivity contribution is 0.0437. The number of carbonyl (C=O) groups is 1. The van der Waals surface area contributed by atoms with Crippen molar-refractivity contribution >= 4 is 11.8 Å². The minimum absolute atomic E-state index is 0.0432. The van der Waals surface area contributed by atoms with Crippen LogP contribution in [-0.2, 0) is 15.9 Å². The van der Waals surface area contributed by atoms with Gasteiger partial charge in [0.05, 0.1) is 18.3 Å². The SMILES string of the molecule is CCc1nc(C)nc2c1C(=O)OCC1COCCCN21. The Morgan fingerprint density at radius 1 is 1.35 bits per heavy atom. The number of esters is 1. The molecule has 1 saturated heterocycles. The number of ether oxygens (including phenoxy) is 2. The Morgan fingerprint density at radius 3 is 3.00 bits per heavy atom. The Morgan fingerprint density at radius 2 is 2.20 bits per heavy atom. The Balaban J connectivity index is 2.14. The fraction of sp³-hybridized carbons (Fsp3) is 0.643. The van der Waals surface area contributed by atoms with Crippen LogP contribution >= 0.6 is 0 Å². The maximum atomic E-state index is 12.3. The molecule has 1 atom stereocenters. The molecule has 108 valence electrons. The van der Waals surface area contributed by atoms with Crippen LogP contribution in [0.1, 0.15) is 35.2 Å². The molecule has 0 aromatic carbocycles. The van der Waals surface area contributed by atoms with Gasteiger partial charge < -0.3 is 14.4 Å². The molecule has 2 aliphatic heterocycles. The number of rotatable bonds is 1. The zero-order chi connectivity index (χ0) is 14.1. The van der Waals surface area contributed by atoms with E-state index in [1.165, 1.54) is 0 Å². The number of cyclic esters (lactones) is 1. The number of anilines is 1. The summed E-state index contributed by atoms with van der Waals surface area (Å²) < 4.78 is 11.0. The molecule has 0 N–H and O–H groups in total. The number of hydrogen-bond donors (Lipinski definition) is 0. The average Bonchev–Trinajstić information content (AvgIpc) is 2.74. The second-order valence-corrected chi connectivity index (χ2v) is 5.14. The van der Waals surface area contributed by atoms with E-state index in [1.54, 1.807) is 0 Å². The highest BCUT2D eigenvalue weighted by atomic mass is 16.5. The van der Waals surface area contributed by atoms with Crippen molar-refractivity contribution in [1.82, 2.24) is 9.97 Å². The topological polar surface area (TPSA) is 64.5 Å². The van der Waals surface area contributed by atoms with Crippen LogP contribution in [0.2, 0.25) is 0 Å². The first-order valence-corrected chi connectivity index (χ1v) is 7.09. The third-order valence-corrected chi connectivity index (χ3v) is 3.73. The highest BCUT2D eigenvalue weighted by Crippen LogP contribution is 2.28. The highest BCUT2D eigenvalue weighted by Gasteiger charge is 2.34. The molecule has 1 aromatic heterocycles. The van der Waals surface area contributed by atoms with Crippen molar-refractivity contribution in [3.05, 3.63) is 17.1 Å². The summed E-state index contributed by atoms with van der Waals surface area (Å²) >= 11 is 0. The molecule has 0 bridgehead atoms. The number of carbonyl (C=O) groups excluding carboxylic acids is 1. The fourth-order valence-electron chi connectivity index (χ4n) is 2.78. The largest absolute Gasteiger partial charge is 0.460 e. The zero-order valence-corrected chi connectivity index (χ0v) is 11.9. The molecule has 6 nitrogen and oxygen atoms in total. The molecule has 3 heterocycles. The Hall–Kier alpha value is -1.69. The molecule has 0 saturated carbocycles. The van der Waals surface area contributed by atoms with Crippen LogP contribution in [0.25, 0.3) is 0 Å². The van der Waals surface area contributed by atoms with Gasteiger partial charge in [-0.3, -0.25) is 0 Å². The zero-order valence-electron chi connectivity index (χ0n) is 11.9. The van der Waals surface area contributed by atoms with Crippen molar-refractivity contribution in [3.63, 3.8) is 0 Å². The van der Waals surface area contributed by atoms with Crippen LogP contribution in [0.5, 0.6) is 0 Å². The van der Waals surface area contributed by atoms with Gasteiger partial charge in [0.15, 0.2) is 0 Å². The van der Waals surface area contributed by atoms with E-state index >= 15 is 0 Å². The number of hydrogen-bond acceptors (Lipinski definition) is 6. The quantitative estimate of drug-likeness (QED) is 0.717. The smallest absolute Gasteiger partial charge is 0.343 e. The van der Waals surface area contributed by atoms with Gasteiger partial charge in [0.1, 0.15) is 23.8 Å². The summed E-state index contributed by atoms with van der Waals surface area (Å²) in [5.41, 5.74) is 1.30. The number of aromatic nitrogens is 2. The van der Waals surface area contributed by atoms with Gasteiger partial charge >= 0.3 is 5.97 Å². The molecule has 1 fully saturated rings. The van der Waals surface area contributed by atoms with E-state index in [0.717, 1.165) is 25.3 Å². The molecule has 6 heteroatoms. The summed E-state index contributed by atoms with van der Waals surface area (Å²) in [5, 5.41) is 0. The molecule has 1 unspecified atom stereocenters. The lowest BCUT2D eigenvalue weighted by atomic mass is 10.1. The van der Waals surface area contributed by atoms with E-state index in [-0.39, 0.29) is 12.0 Å². The van der Waals surface area contributed by atoms with Crippen LogP contribution in [0.3, 0.4) is 0 Å². The Bertz CT molecular complexity index is 533. The first-order chi connectivity index (χ1) is 9.70. The van der Waals surface area contributed by atoms with Crippen molar-refractivity contribution in [2.45, 2.75) is 32.7 Å². The predicted octanol–water partition coefficient (Wildman–Crippen LogP) is 1.11. The maximum absolute atomic E-state index is 12.3. The van der Waals surface area contributed by atoms with Gasteiger partial charge in [-0.05, 0) is 19.8 Å². The lowest BCUT2D eigenvalue weighted by Crippen LogP contribution is -2.40. The molecular formula is C14H19N3O3. The number of nitrogens with zero attached hydrogens (tertiary/aromatic N) is 3. The van der Waals surface area contributed by atoms with E-state index in [0.29, 0.717) is 36.8 Å². The molecular weight excluding hydrogens is 258 g/mol. The third kappa shape index (κ3) is 2.24. The van der Waals surface area contributed by atoms with Crippen molar-refractivity contribution in [2.24, 2.45) is 0 Å². The second-order valence-electron chi connectivity index (χ2n) is 5.14.